The lowest BCUT2D eigenvalue weighted by Crippen LogP contribution is -2.16. The van der Waals surface area contributed by atoms with Crippen LogP contribution in [0.3, 0.4) is 0 Å². The number of nitro groups is 1. The fourth-order valence-electron chi connectivity index (χ4n) is 3.97. The molecule has 5 aromatic rings. The van der Waals surface area contributed by atoms with E-state index in [2.05, 4.69) is 44.7 Å². The molecule has 0 bridgehead atoms. The number of hydrogen-bond acceptors (Lipinski definition) is 7. The van der Waals surface area contributed by atoms with Crippen LogP contribution in [0, 0.1) is 10.1 Å². The number of benzene rings is 4. The maximum absolute atomic E-state index is 12.5. The second kappa shape index (κ2) is 10.7. The maximum atomic E-state index is 12.5. The van der Waals surface area contributed by atoms with E-state index in [1.165, 1.54) is 30.5 Å². The standard InChI is InChI=1S/C28H20BrN3O6/c1-36-25-13-20(15-30-31-28(33)27-12-19-11-21(32(34)35)9-10-24(19)38-27)23(29)14-26(25)37-16-18-7-4-6-17-5-2-3-8-22(17)18/h2-15H,16H2,1H3,(H,31,33)/b30-15+. The van der Waals surface area contributed by atoms with Gasteiger partial charge in [0.05, 0.1) is 18.2 Å². The number of carbonyl (C=O) groups is 1. The zero-order valence-corrected chi connectivity index (χ0v) is 21.6. The Hall–Kier alpha value is -4.70. The summed E-state index contributed by atoms with van der Waals surface area (Å²) < 4.78 is 17.8. The van der Waals surface area contributed by atoms with E-state index >= 15 is 0 Å². The number of ether oxygens (including phenoxy) is 2. The Morgan fingerprint density at radius 1 is 1.05 bits per heavy atom. The van der Waals surface area contributed by atoms with Crippen molar-refractivity contribution >= 4 is 55.5 Å². The molecule has 4 aromatic carbocycles. The molecule has 0 atom stereocenters. The number of fused-ring (bicyclic) bond motifs is 2. The predicted octanol–water partition coefficient (Wildman–Crippen LogP) is 6.61. The molecule has 1 heterocycles. The summed E-state index contributed by atoms with van der Waals surface area (Å²) >= 11 is 3.52. The van der Waals surface area contributed by atoms with Crippen LogP contribution in [0.4, 0.5) is 5.69 Å². The Morgan fingerprint density at radius 3 is 2.68 bits per heavy atom. The summed E-state index contributed by atoms with van der Waals surface area (Å²) in [5.41, 5.74) is 4.35. The molecule has 0 unspecified atom stereocenters. The smallest absolute Gasteiger partial charge is 0.307 e. The van der Waals surface area contributed by atoms with E-state index in [0.29, 0.717) is 39.1 Å². The summed E-state index contributed by atoms with van der Waals surface area (Å²) in [4.78, 5) is 22.9. The van der Waals surface area contributed by atoms with Crippen molar-refractivity contribution in [2.24, 2.45) is 5.10 Å². The Balaban J connectivity index is 1.29. The minimum atomic E-state index is -0.599. The number of methoxy groups -OCH3 is 1. The molecule has 9 nitrogen and oxygen atoms in total. The van der Waals surface area contributed by atoms with E-state index < -0.39 is 10.8 Å². The van der Waals surface area contributed by atoms with Crippen LogP contribution in [0.2, 0.25) is 0 Å². The van der Waals surface area contributed by atoms with Gasteiger partial charge in [-0.15, -0.1) is 0 Å². The molecule has 0 saturated carbocycles. The summed E-state index contributed by atoms with van der Waals surface area (Å²) in [6.45, 7) is 0.355. The summed E-state index contributed by atoms with van der Waals surface area (Å²) in [5, 5.41) is 17.7. The van der Waals surface area contributed by atoms with Gasteiger partial charge in [0.1, 0.15) is 12.2 Å². The second-order valence-corrected chi connectivity index (χ2v) is 9.09. The average Bonchev–Trinajstić information content (AvgIpc) is 3.36. The minimum Gasteiger partial charge on any atom is -0.493 e. The first kappa shape index (κ1) is 25.0. The molecule has 1 aromatic heterocycles. The molecule has 0 fully saturated rings. The van der Waals surface area contributed by atoms with Gasteiger partial charge in [0.2, 0.25) is 0 Å². The minimum absolute atomic E-state index is 0.0218. The normalized spacial score (nSPS) is 11.2. The molecule has 1 amide bonds. The lowest BCUT2D eigenvalue weighted by Gasteiger charge is -2.14. The zero-order chi connectivity index (χ0) is 26.6. The van der Waals surface area contributed by atoms with Gasteiger partial charge in [-0.1, -0.05) is 42.5 Å². The number of hydrogen-bond donors (Lipinski definition) is 1. The molecule has 0 aliphatic carbocycles. The summed E-state index contributed by atoms with van der Waals surface area (Å²) in [7, 11) is 1.54. The lowest BCUT2D eigenvalue weighted by atomic mass is 10.1. The summed E-state index contributed by atoms with van der Waals surface area (Å²) in [6.07, 6.45) is 1.45. The van der Waals surface area contributed by atoms with Crippen LogP contribution in [-0.4, -0.2) is 24.2 Å². The molecule has 0 aliphatic rings. The first-order chi connectivity index (χ1) is 18.4. The number of furan rings is 1. The molecular weight excluding hydrogens is 554 g/mol. The number of hydrazone groups is 1. The molecular formula is C28H20BrN3O6. The Bertz CT molecular complexity index is 1710. The SMILES string of the molecule is COc1cc(/C=N/NC(=O)c2cc3cc([N+](=O)[O-])ccc3o2)c(Br)cc1OCc1cccc2ccccc12. The number of nitrogens with zero attached hydrogens (tertiary/aromatic N) is 2. The number of carbonyl (C=O) groups excluding carboxylic acids is 1. The number of halogens is 1. The van der Waals surface area contributed by atoms with Crippen LogP contribution in [-0.2, 0) is 6.61 Å². The second-order valence-electron chi connectivity index (χ2n) is 8.24. The van der Waals surface area contributed by atoms with Gasteiger partial charge in [0.25, 0.3) is 5.69 Å². The predicted molar refractivity (Wildman–Crippen MR) is 147 cm³/mol. The van der Waals surface area contributed by atoms with Gasteiger partial charge in [0.15, 0.2) is 17.3 Å². The largest absolute Gasteiger partial charge is 0.493 e. The van der Waals surface area contributed by atoms with E-state index in [0.717, 1.165) is 16.3 Å². The molecule has 5 rings (SSSR count). The fraction of sp³-hybridized carbons (Fsp3) is 0.0714. The van der Waals surface area contributed by atoms with Crippen LogP contribution in [0.25, 0.3) is 21.7 Å². The van der Waals surface area contributed by atoms with E-state index in [1.54, 1.807) is 19.2 Å². The van der Waals surface area contributed by atoms with Gasteiger partial charge in [-0.05, 0) is 56.5 Å². The van der Waals surface area contributed by atoms with Gasteiger partial charge in [-0.3, -0.25) is 14.9 Å². The average molecular weight is 574 g/mol. The van der Waals surface area contributed by atoms with Crippen molar-refractivity contribution in [3.63, 3.8) is 0 Å². The number of nitrogens with one attached hydrogen (secondary N) is 1. The van der Waals surface area contributed by atoms with Gasteiger partial charge >= 0.3 is 5.91 Å². The van der Waals surface area contributed by atoms with Gasteiger partial charge in [-0.25, -0.2) is 5.43 Å². The molecule has 190 valence electrons. The van der Waals surface area contributed by atoms with E-state index in [9.17, 15) is 14.9 Å². The molecule has 10 heteroatoms. The molecule has 1 N–H and O–H groups in total. The highest BCUT2D eigenvalue weighted by Crippen LogP contribution is 2.34. The Kier molecular flexibility index (Phi) is 7.05. The fourth-order valence-corrected chi connectivity index (χ4v) is 4.39. The van der Waals surface area contributed by atoms with Crippen molar-refractivity contribution in [3.05, 3.63) is 110 Å². The first-order valence-electron chi connectivity index (χ1n) is 11.4. The Labute approximate surface area is 224 Å². The quantitative estimate of drug-likeness (QED) is 0.127. The van der Waals surface area contributed by atoms with Crippen molar-refractivity contribution in [2.75, 3.05) is 7.11 Å². The molecule has 0 spiro atoms. The van der Waals surface area contributed by atoms with Crippen LogP contribution in [0.5, 0.6) is 11.5 Å². The van der Waals surface area contributed by atoms with Crippen LogP contribution in [0.1, 0.15) is 21.7 Å². The highest BCUT2D eigenvalue weighted by molar-refractivity contribution is 9.10. The highest BCUT2D eigenvalue weighted by atomic mass is 79.9. The van der Waals surface area contributed by atoms with Gasteiger partial charge in [-0.2, -0.15) is 5.10 Å². The van der Waals surface area contributed by atoms with Crippen LogP contribution < -0.4 is 14.9 Å². The van der Waals surface area contributed by atoms with Crippen molar-refractivity contribution < 1.29 is 23.6 Å². The van der Waals surface area contributed by atoms with E-state index in [1.807, 2.05) is 24.3 Å². The van der Waals surface area contributed by atoms with E-state index in [-0.39, 0.29) is 11.4 Å². The third kappa shape index (κ3) is 5.21. The highest BCUT2D eigenvalue weighted by Gasteiger charge is 2.15. The van der Waals surface area contributed by atoms with Crippen LogP contribution in [0.15, 0.2) is 92.9 Å². The molecule has 0 saturated heterocycles. The summed E-state index contributed by atoms with van der Waals surface area (Å²) in [5.74, 6) is 0.426. The molecule has 0 radical (unpaired) electrons. The Morgan fingerprint density at radius 2 is 1.87 bits per heavy atom. The van der Waals surface area contributed by atoms with Crippen molar-refractivity contribution in [1.82, 2.24) is 5.43 Å². The number of nitro benzene ring substituents is 1. The van der Waals surface area contributed by atoms with Crippen molar-refractivity contribution in [1.29, 1.82) is 0 Å². The first-order valence-corrected chi connectivity index (χ1v) is 12.2. The number of rotatable bonds is 8. The van der Waals surface area contributed by atoms with Gasteiger partial charge in [0, 0.05) is 27.6 Å². The molecule has 38 heavy (non-hydrogen) atoms. The van der Waals surface area contributed by atoms with Crippen molar-refractivity contribution in [3.8, 4) is 11.5 Å². The number of amides is 1. The lowest BCUT2D eigenvalue weighted by molar-refractivity contribution is -0.384. The van der Waals surface area contributed by atoms with Gasteiger partial charge < -0.3 is 13.9 Å². The number of non-ortho nitro benzene ring substituents is 1. The molecule has 0 aliphatic heterocycles. The van der Waals surface area contributed by atoms with Crippen molar-refractivity contribution in [2.45, 2.75) is 6.61 Å². The van der Waals surface area contributed by atoms with Crippen LogP contribution >= 0.6 is 15.9 Å². The zero-order valence-electron chi connectivity index (χ0n) is 20.0. The summed E-state index contributed by atoms with van der Waals surface area (Å²) in [6, 6.07) is 23.2. The third-order valence-corrected chi connectivity index (χ3v) is 6.54. The monoisotopic (exact) mass is 573 g/mol. The van der Waals surface area contributed by atoms with E-state index in [4.69, 9.17) is 13.9 Å². The third-order valence-electron chi connectivity index (χ3n) is 5.85. The topological polar surface area (TPSA) is 116 Å². The maximum Gasteiger partial charge on any atom is 0.307 e.